The highest BCUT2D eigenvalue weighted by Gasteiger charge is 2.32. The summed E-state index contributed by atoms with van der Waals surface area (Å²) in [5, 5.41) is 0. The first kappa shape index (κ1) is 22.2. The molecule has 0 spiro atoms. The maximum absolute atomic E-state index is 13.1. The number of hydrogen-bond acceptors (Lipinski definition) is 3. The lowest BCUT2D eigenvalue weighted by Crippen LogP contribution is -2.19. The van der Waals surface area contributed by atoms with Crippen molar-refractivity contribution >= 4 is 17.2 Å². The van der Waals surface area contributed by atoms with Crippen molar-refractivity contribution in [2.75, 3.05) is 7.11 Å². The lowest BCUT2D eigenvalue weighted by molar-refractivity contribution is -0.137. The minimum atomic E-state index is -4.55. The molecule has 0 radical (unpaired) electrons. The number of thiazole rings is 1. The van der Waals surface area contributed by atoms with Crippen LogP contribution in [0, 0.1) is 5.92 Å². The molecule has 2 rings (SSSR count). The number of aromatic nitrogens is 1. The first-order valence-corrected chi connectivity index (χ1v) is 9.69. The van der Waals surface area contributed by atoms with Gasteiger partial charge in [-0.05, 0) is 29.5 Å². The number of ether oxygens (including phenoxy) is 1. The number of alkyl halides is 3. The van der Waals surface area contributed by atoms with Gasteiger partial charge in [-0.25, -0.2) is 0 Å². The SMILES string of the molecule is COc1ccc(C(F)(F)F)cc1C(=O)N=c1sc(C(C)(C)C)cn1CC(C)C. The summed E-state index contributed by atoms with van der Waals surface area (Å²) >= 11 is 1.37. The van der Waals surface area contributed by atoms with Crippen molar-refractivity contribution in [2.45, 2.75) is 52.8 Å². The van der Waals surface area contributed by atoms with Crippen LogP contribution in [0.4, 0.5) is 13.2 Å². The Balaban J connectivity index is 2.59. The van der Waals surface area contributed by atoms with Gasteiger partial charge in [-0.3, -0.25) is 4.79 Å². The Morgan fingerprint density at radius 2 is 1.89 bits per heavy atom. The van der Waals surface area contributed by atoms with Gasteiger partial charge in [0.2, 0.25) is 0 Å². The van der Waals surface area contributed by atoms with Crippen LogP contribution in [0.1, 0.15) is 55.4 Å². The number of hydrogen-bond donors (Lipinski definition) is 0. The summed E-state index contributed by atoms with van der Waals surface area (Å²) < 4.78 is 46.1. The van der Waals surface area contributed by atoms with Gasteiger partial charge in [0.05, 0.1) is 18.2 Å². The van der Waals surface area contributed by atoms with Crippen LogP contribution in [-0.2, 0) is 18.1 Å². The van der Waals surface area contributed by atoms with E-state index < -0.39 is 17.6 Å². The standard InChI is InChI=1S/C20H25F3N2O2S/c1-12(2)10-25-11-16(19(3,4)5)28-18(25)24-17(26)14-9-13(20(21,22)23)7-8-15(14)27-6/h7-9,11-12H,10H2,1-6H3. The molecule has 0 aliphatic heterocycles. The normalized spacial score (nSPS) is 13.3. The number of benzene rings is 1. The number of methoxy groups -OCH3 is 1. The number of carbonyl (C=O) groups excluding carboxylic acids is 1. The molecule has 1 aromatic carbocycles. The second-order valence-electron chi connectivity index (χ2n) is 8.00. The lowest BCUT2D eigenvalue weighted by atomic mass is 9.95. The number of nitrogens with zero attached hydrogens (tertiary/aromatic N) is 2. The van der Waals surface area contributed by atoms with E-state index in [0.29, 0.717) is 17.3 Å². The smallest absolute Gasteiger partial charge is 0.416 e. The molecular weight excluding hydrogens is 389 g/mol. The van der Waals surface area contributed by atoms with E-state index in [9.17, 15) is 18.0 Å². The molecular formula is C20H25F3N2O2S. The highest BCUT2D eigenvalue weighted by molar-refractivity contribution is 7.09. The average molecular weight is 414 g/mol. The van der Waals surface area contributed by atoms with Gasteiger partial charge in [0.1, 0.15) is 5.75 Å². The van der Waals surface area contributed by atoms with Crippen LogP contribution in [0.5, 0.6) is 5.75 Å². The first-order valence-electron chi connectivity index (χ1n) is 8.88. The van der Waals surface area contributed by atoms with Crippen molar-refractivity contribution in [2.24, 2.45) is 10.9 Å². The highest BCUT2D eigenvalue weighted by atomic mass is 32.1. The van der Waals surface area contributed by atoms with Crippen LogP contribution in [0.15, 0.2) is 29.4 Å². The quantitative estimate of drug-likeness (QED) is 0.684. The van der Waals surface area contributed by atoms with Crippen molar-refractivity contribution in [3.8, 4) is 5.75 Å². The Hall–Kier alpha value is -2.09. The van der Waals surface area contributed by atoms with Crippen LogP contribution < -0.4 is 9.54 Å². The van der Waals surface area contributed by atoms with Gasteiger partial charge in [-0.15, -0.1) is 11.3 Å². The Morgan fingerprint density at radius 3 is 2.39 bits per heavy atom. The van der Waals surface area contributed by atoms with Crippen molar-refractivity contribution in [3.63, 3.8) is 0 Å². The third-order valence-corrected chi connectivity index (χ3v) is 5.42. The van der Waals surface area contributed by atoms with Gasteiger partial charge >= 0.3 is 6.18 Å². The average Bonchev–Trinajstić information content (AvgIpc) is 2.95. The van der Waals surface area contributed by atoms with E-state index in [2.05, 4.69) is 25.8 Å². The lowest BCUT2D eigenvalue weighted by Gasteiger charge is -2.14. The minimum absolute atomic E-state index is 0.0600. The molecule has 0 saturated heterocycles. The maximum Gasteiger partial charge on any atom is 0.416 e. The summed E-state index contributed by atoms with van der Waals surface area (Å²) in [6, 6.07) is 2.82. The van der Waals surface area contributed by atoms with Crippen molar-refractivity contribution in [1.82, 2.24) is 4.57 Å². The second kappa shape index (κ2) is 8.11. The Morgan fingerprint density at radius 1 is 1.25 bits per heavy atom. The van der Waals surface area contributed by atoms with Crippen LogP contribution >= 0.6 is 11.3 Å². The van der Waals surface area contributed by atoms with Gasteiger partial charge in [-0.2, -0.15) is 18.2 Å². The maximum atomic E-state index is 13.1. The zero-order valence-corrected chi connectivity index (χ0v) is 17.7. The molecule has 0 unspecified atom stereocenters. The molecule has 0 atom stereocenters. The number of carbonyl (C=O) groups is 1. The van der Waals surface area contributed by atoms with Crippen LogP contribution in [0.25, 0.3) is 0 Å². The number of amides is 1. The third-order valence-electron chi connectivity index (χ3n) is 3.98. The Kier molecular flexibility index (Phi) is 6.43. The topological polar surface area (TPSA) is 43.6 Å². The number of rotatable bonds is 4. The molecule has 8 heteroatoms. The van der Waals surface area contributed by atoms with E-state index >= 15 is 0 Å². The monoisotopic (exact) mass is 414 g/mol. The molecule has 28 heavy (non-hydrogen) atoms. The van der Waals surface area contributed by atoms with E-state index in [1.807, 2.05) is 24.6 Å². The van der Waals surface area contributed by atoms with Gasteiger partial charge in [0.15, 0.2) is 4.80 Å². The van der Waals surface area contributed by atoms with E-state index in [1.165, 1.54) is 18.4 Å². The third kappa shape index (κ3) is 5.25. The van der Waals surface area contributed by atoms with E-state index in [-0.39, 0.29) is 16.7 Å². The fourth-order valence-electron chi connectivity index (χ4n) is 2.54. The second-order valence-corrected chi connectivity index (χ2v) is 9.01. The van der Waals surface area contributed by atoms with Crippen molar-refractivity contribution in [3.05, 3.63) is 45.2 Å². The molecule has 154 valence electrons. The molecule has 4 nitrogen and oxygen atoms in total. The van der Waals surface area contributed by atoms with E-state index in [0.717, 1.165) is 23.1 Å². The summed E-state index contributed by atoms with van der Waals surface area (Å²) in [5.74, 6) is -0.382. The zero-order valence-electron chi connectivity index (χ0n) is 16.8. The summed E-state index contributed by atoms with van der Waals surface area (Å²) in [6.07, 6.45) is -2.60. The largest absolute Gasteiger partial charge is 0.496 e. The van der Waals surface area contributed by atoms with Crippen molar-refractivity contribution in [1.29, 1.82) is 0 Å². The predicted molar refractivity (Wildman–Crippen MR) is 104 cm³/mol. The van der Waals surface area contributed by atoms with Gasteiger partial charge in [-0.1, -0.05) is 34.6 Å². The molecule has 2 aromatic rings. The molecule has 0 aliphatic rings. The molecule has 0 N–H and O–H groups in total. The fourth-order valence-corrected chi connectivity index (χ4v) is 3.59. The van der Waals surface area contributed by atoms with Crippen LogP contribution in [0.2, 0.25) is 0 Å². The van der Waals surface area contributed by atoms with Crippen molar-refractivity contribution < 1.29 is 22.7 Å². The van der Waals surface area contributed by atoms with Crippen LogP contribution in [0.3, 0.4) is 0 Å². The number of halogens is 3. The van der Waals surface area contributed by atoms with Gasteiger partial charge < -0.3 is 9.30 Å². The minimum Gasteiger partial charge on any atom is -0.496 e. The Labute approximate surface area is 166 Å². The summed E-state index contributed by atoms with van der Waals surface area (Å²) in [4.78, 5) is 18.4. The first-order chi connectivity index (χ1) is 12.8. The molecule has 1 aromatic heterocycles. The van der Waals surface area contributed by atoms with Gasteiger partial charge in [0.25, 0.3) is 5.91 Å². The molecule has 0 aliphatic carbocycles. The highest BCUT2D eigenvalue weighted by Crippen LogP contribution is 2.33. The molecule has 1 amide bonds. The molecule has 0 saturated carbocycles. The molecule has 1 heterocycles. The summed E-state index contributed by atoms with van der Waals surface area (Å²) in [6.45, 7) is 10.9. The molecule has 0 fully saturated rings. The van der Waals surface area contributed by atoms with E-state index in [1.54, 1.807) is 0 Å². The predicted octanol–water partition coefficient (Wildman–Crippen LogP) is 5.27. The van der Waals surface area contributed by atoms with Gasteiger partial charge in [0, 0.05) is 17.6 Å². The zero-order chi connectivity index (χ0) is 21.3. The van der Waals surface area contributed by atoms with Crippen LogP contribution in [-0.4, -0.2) is 17.6 Å². The summed E-state index contributed by atoms with van der Waals surface area (Å²) in [7, 11) is 1.31. The molecule has 0 bridgehead atoms. The summed E-state index contributed by atoms with van der Waals surface area (Å²) in [5.41, 5.74) is -1.25. The Bertz CT molecular complexity index is 919. The van der Waals surface area contributed by atoms with E-state index in [4.69, 9.17) is 4.74 Å². The fraction of sp³-hybridized carbons (Fsp3) is 0.500.